The van der Waals surface area contributed by atoms with Crippen LogP contribution in [0.25, 0.3) is 5.65 Å². The smallest absolute Gasteiger partial charge is 0.137 e. The molecule has 0 spiro atoms. The number of fused-ring (bicyclic) bond motifs is 3. The molecule has 3 heteroatoms. The maximum Gasteiger partial charge on any atom is 0.137 e. The number of aryl methyl sites for hydroxylation is 1. The minimum atomic E-state index is 0.913. The molecule has 3 rings (SSSR count). The van der Waals surface area contributed by atoms with Crippen molar-refractivity contribution in [1.29, 1.82) is 0 Å². The highest BCUT2D eigenvalue weighted by Gasteiger charge is 2.14. The van der Waals surface area contributed by atoms with Crippen molar-refractivity contribution in [2.45, 2.75) is 33.7 Å². The number of hydrogen-bond acceptors (Lipinski definition) is 2. The highest BCUT2D eigenvalue weighted by molar-refractivity contribution is 5.45. The number of pyridine rings is 1. The van der Waals surface area contributed by atoms with Crippen LogP contribution in [0.4, 0.5) is 0 Å². The summed E-state index contributed by atoms with van der Waals surface area (Å²) in [4.78, 5) is 4.59. The van der Waals surface area contributed by atoms with Gasteiger partial charge in [-0.1, -0.05) is 19.9 Å². The standard InChI is InChI=1S/C11H13N3.C2H6/c1-8-2-3-11-13-9-6-12-5-4-10(9)14(11)7-8;1-2/h2-3,7,12H,4-6H2,1H3;1-2H3. The Hall–Kier alpha value is -1.35. The lowest BCUT2D eigenvalue weighted by Gasteiger charge is -2.11. The van der Waals surface area contributed by atoms with E-state index in [0.717, 1.165) is 25.2 Å². The first-order chi connectivity index (χ1) is 7.84. The van der Waals surface area contributed by atoms with E-state index >= 15 is 0 Å². The Morgan fingerprint density at radius 3 is 2.94 bits per heavy atom. The topological polar surface area (TPSA) is 29.3 Å². The average Bonchev–Trinajstić information content (AvgIpc) is 2.70. The molecule has 0 atom stereocenters. The second-order valence-electron chi connectivity index (χ2n) is 3.87. The predicted octanol–water partition coefficient (Wildman–Crippen LogP) is 2.31. The summed E-state index contributed by atoms with van der Waals surface area (Å²) in [5.41, 5.74) is 4.95. The molecular formula is C13H19N3. The van der Waals surface area contributed by atoms with Gasteiger partial charge in [-0.15, -0.1) is 0 Å². The summed E-state index contributed by atoms with van der Waals surface area (Å²) in [6, 6.07) is 4.20. The quantitative estimate of drug-likeness (QED) is 0.733. The fourth-order valence-electron chi connectivity index (χ4n) is 2.07. The highest BCUT2D eigenvalue weighted by atomic mass is 15.1. The number of nitrogens with one attached hydrogen (secondary N) is 1. The van der Waals surface area contributed by atoms with Crippen LogP contribution in [0.5, 0.6) is 0 Å². The third kappa shape index (κ3) is 1.83. The molecule has 0 aliphatic carbocycles. The van der Waals surface area contributed by atoms with E-state index in [4.69, 9.17) is 0 Å². The number of imidazole rings is 1. The van der Waals surface area contributed by atoms with Crippen molar-refractivity contribution in [2.24, 2.45) is 0 Å². The molecule has 0 bridgehead atoms. The molecule has 0 unspecified atom stereocenters. The van der Waals surface area contributed by atoms with E-state index in [0.29, 0.717) is 0 Å². The SMILES string of the molecule is CC.Cc1ccc2nc3c(n2c1)CCNC3. The lowest BCUT2D eigenvalue weighted by molar-refractivity contribution is 0.622. The molecule has 1 N–H and O–H groups in total. The van der Waals surface area contributed by atoms with Crippen molar-refractivity contribution in [2.75, 3.05) is 6.54 Å². The van der Waals surface area contributed by atoms with Crippen molar-refractivity contribution in [3.63, 3.8) is 0 Å². The number of rotatable bonds is 0. The minimum absolute atomic E-state index is 0.913. The van der Waals surface area contributed by atoms with Gasteiger partial charge in [-0.25, -0.2) is 4.98 Å². The zero-order valence-corrected chi connectivity index (χ0v) is 10.2. The van der Waals surface area contributed by atoms with Gasteiger partial charge in [0.05, 0.1) is 5.69 Å². The van der Waals surface area contributed by atoms with Crippen LogP contribution >= 0.6 is 0 Å². The van der Waals surface area contributed by atoms with Crippen LogP contribution in [0.3, 0.4) is 0 Å². The Bertz CT molecular complexity index is 485. The molecule has 2 aromatic heterocycles. The second-order valence-corrected chi connectivity index (χ2v) is 3.87. The molecule has 0 saturated heterocycles. The molecule has 86 valence electrons. The van der Waals surface area contributed by atoms with Gasteiger partial charge in [0.15, 0.2) is 0 Å². The summed E-state index contributed by atoms with van der Waals surface area (Å²) >= 11 is 0. The van der Waals surface area contributed by atoms with Gasteiger partial charge in [0, 0.05) is 31.4 Å². The normalized spacial score (nSPS) is 14.2. The Morgan fingerprint density at radius 2 is 2.12 bits per heavy atom. The lowest BCUT2D eigenvalue weighted by atomic mass is 10.2. The molecule has 3 heterocycles. The maximum absolute atomic E-state index is 4.59. The molecule has 0 saturated carbocycles. The van der Waals surface area contributed by atoms with Crippen LogP contribution in [0.1, 0.15) is 30.8 Å². The Morgan fingerprint density at radius 1 is 1.31 bits per heavy atom. The molecule has 1 aliphatic rings. The summed E-state index contributed by atoms with van der Waals surface area (Å²) < 4.78 is 2.23. The molecular weight excluding hydrogens is 198 g/mol. The zero-order valence-electron chi connectivity index (χ0n) is 10.2. The molecule has 0 fully saturated rings. The summed E-state index contributed by atoms with van der Waals surface area (Å²) in [7, 11) is 0. The Labute approximate surface area is 96.5 Å². The van der Waals surface area contributed by atoms with E-state index in [1.165, 1.54) is 17.0 Å². The zero-order chi connectivity index (χ0) is 11.5. The van der Waals surface area contributed by atoms with Gasteiger partial charge in [-0.3, -0.25) is 0 Å². The first-order valence-electron chi connectivity index (χ1n) is 6.02. The van der Waals surface area contributed by atoms with Crippen LogP contribution in [-0.2, 0) is 13.0 Å². The van der Waals surface area contributed by atoms with Crippen LogP contribution in [0.2, 0.25) is 0 Å². The average molecular weight is 217 g/mol. The third-order valence-corrected chi connectivity index (χ3v) is 2.78. The third-order valence-electron chi connectivity index (χ3n) is 2.78. The molecule has 2 aromatic rings. The van der Waals surface area contributed by atoms with E-state index in [1.54, 1.807) is 0 Å². The summed E-state index contributed by atoms with van der Waals surface area (Å²) in [5, 5.41) is 3.34. The van der Waals surface area contributed by atoms with Crippen molar-refractivity contribution in [3.8, 4) is 0 Å². The number of hydrogen-bond donors (Lipinski definition) is 1. The van der Waals surface area contributed by atoms with Crippen LogP contribution in [-0.4, -0.2) is 15.9 Å². The van der Waals surface area contributed by atoms with Crippen molar-refractivity contribution in [1.82, 2.24) is 14.7 Å². The maximum atomic E-state index is 4.59. The molecule has 0 radical (unpaired) electrons. The predicted molar refractivity (Wildman–Crippen MR) is 66.7 cm³/mol. The minimum Gasteiger partial charge on any atom is -0.311 e. The van der Waals surface area contributed by atoms with Gasteiger partial charge >= 0.3 is 0 Å². The molecule has 0 amide bonds. The van der Waals surface area contributed by atoms with Crippen LogP contribution in [0.15, 0.2) is 18.3 Å². The van der Waals surface area contributed by atoms with Gasteiger partial charge in [-0.05, 0) is 18.6 Å². The van der Waals surface area contributed by atoms with Gasteiger partial charge in [-0.2, -0.15) is 0 Å². The van der Waals surface area contributed by atoms with Crippen LogP contribution < -0.4 is 5.32 Å². The number of aromatic nitrogens is 2. The van der Waals surface area contributed by atoms with E-state index in [-0.39, 0.29) is 0 Å². The molecule has 1 aliphatic heterocycles. The van der Waals surface area contributed by atoms with E-state index in [9.17, 15) is 0 Å². The van der Waals surface area contributed by atoms with Gasteiger partial charge in [0.1, 0.15) is 5.65 Å². The van der Waals surface area contributed by atoms with Gasteiger partial charge in [0.25, 0.3) is 0 Å². The second kappa shape index (κ2) is 4.66. The van der Waals surface area contributed by atoms with Gasteiger partial charge in [0.2, 0.25) is 0 Å². The summed E-state index contributed by atoms with van der Waals surface area (Å²) in [6.07, 6.45) is 3.26. The number of nitrogens with zero attached hydrogens (tertiary/aromatic N) is 2. The monoisotopic (exact) mass is 217 g/mol. The van der Waals surface area contributed by atoms with Gasteiger partial charge < -0.3 is 9.72 Å². The van der Waals surface area contributed by atoms with Crippen LogP contribution in [0, 0.1) is 6.92 Å². The largest absolute Gasteiger partial charge is 0.311 e. The lowest BCUT2D eigenvalue weighted by Crippen LogP contribution is -2.24. The Balaban J connectivity index is 0.000000457. The highest BCUT2D eigenvalue weighted by Crippen LogP contribution is 2.16. The fourth-order valence-corrected chi connectivity index (χ4v) is 2.07. The van der Waals surface area contributed by atoms with E-state index < -0.39 is 0 Å². The van der Waals surface area contributed by atoms with Crippen molar-refractivity contribution < 1.29 is 0 Å². The fraction of sp³-hybridized carbons (Fsp3) is 0.462. The molecule has 16 heavy (non-hydrogen) atoms. The Kier molecular flexibility index (Phi) is 3.25. The summed E-state index contributed by atoms with van der Waals surface area (Å²) in [5.74, 6) is 0. The van der Waals surface area contributed by atoms with Crippen molar-refractivity contribution >= 4 is 5.65 Å². The first kappa shape index (κ1) is 11.1. The summed E-state index contributed by atoms with van der Waals surface area (Å²) in [6.45, 7) is 8.09. The molecule has 3 nitrogen and oxygen atoms in total. The van der Waals surface area contributed by atoms with E-state index in [1.807, 2.05) is 13.8 Å². The van der Waals surface area contributed by atoms with Crippen molar-refractivity contribution in [3.05, 3.63) is 35.3 Å². The van der Waals surface area contributed by atoms with E-state index in [2.05, 4.69) is 40.0 Å². The molecule has 0 aromatic carbocycles. The first-order valence-corrected chi connectivity index (χ1v) is 6.02.